The van der Waals surface area contributed by atoms with Crippen molar-refractivity contribution in [3.63, 3.8) is 0 Å². The van der Waals surface area contributed by atoms with E-state index < -0.39 is 63.5 Å². The molecule has 3 heterocycles. The highest BCUT2D eigenvalue weighted by molar-refractivity contribution is 6.04. The zero-order valence-corrected chi connectivity index (χ0v) is 18.5. The maximum atomic E-state index is 16.1. The Labute approximate surface area is 190 Å². The number of rotatable bonds is 5. The largest absolute Gasteiger partial charge is 0.382 e. The number of halogens is 3. The molecule has 0 bridgehead atoms. The van der Waals surface area contributed by atoms with Gasteiger partial charge in [0.2, 0.25) is 11.4 Å². The monoisotopic (exact) mass is 485 g/mol. The molecule has 3 N–H and O–H groups in total. The lowest BCUT2D eigenvalue weighted by atomic mass is 9.77. The van der Waals surface area contributed by atoms with Gasteiger partial charge in [0.25, 0.3) is 5.56 Å². The standard InChI is InChI=1S/C21H22F3N3O7/c1-10-9-27(17(32)26-16(10)31)21(24)20(22,23)19(33,13(29)11-6-5-7-25-8-11)15(34-21)12(28)14(30)18(2,3)4/h5-9,12,15,28,33H,1-4H3,(H,26,31,32)/t12?,15-,19-,21+/m1/s1. The number of aliphatic hydroxyl groups is 2. The average Bonchev–Trinajstić information content (AvgIpc) is 2.93. The Morgan fingerprint density at radius 2 is 1.88 bits per heavy atom. The number of hydrogen-bond acceptors (Lipinski definition) is 8. The van der Waals surface area contributed by atoms with Crippen molar-refractivity contribution in [1.82, 2.24) is 14.5 Å². The van der Waals surface area contributed by atoms with E-state index in [4.69, 9.17) is 4.74 Å². The number of aliphatic hydroxyl groups excluding tert-OH is 1. The molecule has 4 atom stereocenters. The number of pyridine rings is 1. The highest BCUT2D eigenvalue weighted by atomic mass is 19.3. The number of ether oxygens (including phenoxy) is 1. The molecule has 0 spiro atoms. The summed E-state index contributed by atoms with van der Waals surface area (Å²) in [5.74, 6) is -12.8. The van der Waals surface area contributed by atoms with Crippen molar-refractivity contribution in [2.45, 2.75) is 57.4 Å². The van der Waals surface area contributed by atoms with Crippen LogP contribution in [0.15, 0.2) is 40.3 Å². The van der Waals surface area contributed by atoms with Gasteiger partial charge in [0, 0.05) is 35.1 Å². The number of alkyl halides is 3. The Bertz CT molecular complexity index is 1250. The summed E-state index contributed by atoms with van der Waals surface area (Å²) in [6.07, 6.45) is -3.06. The Hall–Kier alpha value is -3.16. The number of nitrogens with zero attached hydrogens (tertiary/aromatic N) is 2. The van der Waals surface area contributed by atoms with E-state index in [-0.39, 0.29) is 10.1 Å². The van der Waals surface area contributed by atoms with E-state index in [1.165, 1.54) is 33.0 Å². The van der Waals surface area contributed by atoms with Crippen molar-refractivity contribution in [3.8, 4) is 0 Å². The Morgan fingerprint density at radius 3 is 2.41 bits per heavy atom. The van der Waals surface area contributed by atoms with E-state index in [9.17, 15) is 29.4 Å². The molecular formula is C21H22F3N3O7. The fraction of sp³-hybridized carbons (Fsp3) is 0.476. The van der Waals surface area contributed by atoms with E-state index in [1.54, 1.807) is 4.98 Å². The summed E-state index contributed by atoms with van der Waals surface area (Å²) in [5, 5.41) is 21.7. The maximum absolute atomic E-state index is 16.1. The molecule has 2 aromatic heterocycles. The van der Waals surface area contributed by atoms with E-state index in [2.05, 4.69) is 4.98 Å². The average molecular weight is 485 g/mol. The van der Waals surface area contributed by atoms with Crippen LogP contribution in [-0.2, 0) is 15.5 Å². The first-order valence-electron chi connectivity index (χ1n) is 9.97. The molecule has 0 saturated carbocycles. The van der Waals surface area contributed by atoms with Crippen LogP contribution in [0.2, 0.25) is 0 Å². The van der Waals surface area contributed by atoms with E-state index in [0.29, 0.717) is 6.20 Å². The van der Waals surface area contributed by atoms with Crippen LogP contribution in [0.25, 0.3) is 0 Å². The predicted octanol–water partition coefficient (Wildman–Crippen LogP) is 0.444. The maximum Gasteiger partial charge on any atom is 0.366 e. The minimum atomic E-state index is -5.26. The Kier molecular flexibility index (Phi) is 5.96. The number of aromatic nitrogens is 3. The summed E-state index contributed by atoms with van der Waals surface area (Å²) in [6, 6.07) is 2.17. The van der Waals surface area contributed by atoms with E-state index in [1.807, 2.05) is 0 Å². The highest BCUT2D eigenvalue weighted by Gasteiger charge is 2.83. The van der Waals surface area contributed by atoms with Gasteiger partial charge in [0.15, 0.2) is 5.78 Å². The Morgan fingerprint density at radius 1 is 1.26 bits per heavy atom. The van der Waals surface area contributed by atoms with Gasteiger partial charge in [-0.1, -0.05) is 20.8 Å². The summed E-state index contributed by atoms with van der Waals surface area (Å²) < 4.78 is 52.0. The number of ketones is 2. The van der Waals surface area contributed by atoms with Gasteiger partial charge in [0.05, 0.1) is 0 Å². The highest BCUT2D eigenvalue weighted by Crippen LogP contribution is 2.56. The molecule has 1 aliphatic rings. The first-order chi connectivity index (χ1) is 15.5. The smallest absolute Gasteiger partial charge is 0.366 e. The lowest BCUT2D eigenvalue weighted by Crippen LogP contribution is -2.65. The van der Waals surface area contributed by atoms with Crippen molar-refractivity contribution in [3.05, 3.63) is 62.7 Å². The third-order valence-corrected chi connectivity index (χ3v) is 5.56. The molecule has 34 heavy (non-hydrogen) atoms. The first-order valence-corrected chi connectivity index (χ1v) is 9.97. The molecule has 1 aliphatic heterocycles. The minimum Gasteiger partial charge on any atom is -0.382 e. The van der Waals surface area contributed by atoms with Gasteiger partial charge < -0.3 is 14.9 Å². The van der Waals surface area contributed by atoms with Crippen LogP contribution in [-0.4, -0.2) is 60.0 Å². The van der Waals surface area contributed by atoms with Crippen LogP contribution in [0, 0.1) is 12.3 Å². The second-order valence-corrected chi connectivity index (χ2v) is 9.01. The van der Waals surface area contributed by atoms with E-state index in [0.717, 1.165) is 19.2 Å². The van der Waals surface area contributed by atoms with Crippen LogP contribution in [0.4, 0.5) is 13.2 Å². The number of hydrogen-bond donors (Lipinski definition) is 3. The molecule has 184 valence electrons. The summed E-state index contributed by atoms with van der Waals surface area (Å²) in [6.45, 7) is 5.01. The molecule has 0 radical (unpaired) electrons. The minimum absolute atomic E-state index is 0.348. The van der Waals surface area contributed by atoms with Crippen molar-refractivity contribution in [2.24, 2.45) is 5.41 Å². The van der Waals surface area contributed by atoms with E-state index >= 15 is 13.2 Å². The van der Waals surface area contributed by atoms with Crippen LogP contribution < -0.4 is 11.2 Å². The molecule has 1 fully saturated rings. The van der Waals surface area contributed by atoms with Crippen LogP contribution in [0.3, 0.4) is 0 Å². The molecule has 1 unspecified atom stereocenters. The molecule has 1 saturated heterocycles. The number of H-pyrrole nitrogens is 1. The van der Waals surface area contributed by atoms with Gasteiger partial charge in [0.1, 0.15) is 12.2 Å². The van der Waals surface area contributed by atoms with Gasteiger partial charge in [-0.2, -0.15) is 13.2 Å². The van der Waals surface area contributed by atoms with Gasteiger partial charge in [-0.25, -0.2) is 9.36 Å². The van der Waals surface area contributed by atoms with Crippen molar-refractivity contribution in [1.29, 1.82) is 0 Å². The third-order valence-electron chi connectivity index (χ3n) is 5.56. The summed E-state index contributed by atoms with van der Waals surface area (Å²) in [7, 11) is 0. The van der Waals surface area contributed by atoms with Crippen LogP contribution in [0.5, 0.6) is 0 Å². The lowest BCUT2D eigenvalue weighted by Gasteiger charge is -2.34. The lowest BCUT2D eigenvalue weighted by molar-refractivity contribution is -0.303. The molecule has 0 aliphatic carbocycles. The number of aromatic amines is 1. The summed E-state index contributed by atoms with van der Waals surface area (Å²) in [4.78, 5) is 54.9. The third kappa shape index (κ3) is 3.51. The SMILES string of the molecule is Cc1cn([C@]2(F)O[C@H](C(O)C(=O)C(C)(C)C)[C@](O)(C(=O)c3cccnc3)C2(F)F)c(=O)[nH]c1=O. The fourth-order valence-corrected chi connectivity index (χ4v) is 3.59. The molecule has 2 aromatic rings. The Balaban J connectivity index is 2.31. The van der Waals surface area contributed by atoms with Gasteiger partial charge in [-0.05, 0) is 19.1 Å². The normalized spacial score (nSPS) is 27.4. The zero-order valence-electron chi connectivity index (χ0n) is 18.5. The predicted molar refractivity (Wildman–Crippen MR) is 109 cm³/mol. The second-order valence-electron chi connectivity index (χ2n) is 9.01. The van der Waals surface area contributed by atoms with Crippen LogP contribution >= 0.6 is 0 Å². The summed E-state index contributed by atoms with van der Waals surface area (Å²) >= 11 is 0. The molecule has 10 nitrogen and oxygen atoms in total. The van der Waals surface area contributed by atoms with Crippen molar-refractivity contribution >= 4 is 11.6 Å². The first kappa shape index (κ1) is 25.5. The molecule has 0 aromatic carbocycles. The topological polar surface area (TPSA) is 152 Å². The second kappa shape index (κ2) is 7.96. The fourth-order valence-electron chi connectivity index (χ4n) is 3.59. The molecule has 13 heteroatoms. The van der Waals surface area contributed by atoms with Gasteiger partial charge >= 0.3 is 17.6 Å². The molecule has 3 rings (SSSR count). The number of carbonyl (C=O) groups excluding carboxylic acids is 2. The number of aryl methyl sites for hydroxylation is 1. The number of carbonyl (C=O) groups is 2. The van der Waals surface area contributed by atoms with Crippen molar-refractivity contribution in [2.75, 3.05) is 0 Å². The zero-order chi connectivity index (χ0) is 25.9. The number of nitrogens with one attached hydrogen (secondary N) is 1. The quantitative estimate of drug-likeness (QED) is 0.516. The number of Topliss-reactive ketones (excluding diaryl/α,β-unsaturated/α-hetero) is 2. The molecule has 0 amide bonds. The van der Waals surface area contributed by atoms with Gasteiger partial charge in [-0.3, -0.25) is 24.4 Å². The molecular weight excluding hydrogens is 463 g/mol. The van der Waals surface area contributed by atoms with Gasteiger partial charge in [-0.15, -0.1) is 0 Å². The van der Waals surface area contributed by atoms with Crippen molar-refractivity contribution < 1.29 is 37.7 Å². The van der Waals surface area contributed by atoms with Crippen LogP contribution in [0.1, 0.15) is 36.7 Å². The summed E-state index contributed by atoms with van der Waals surface area (Å²) in [5.41, 5.74) is -9.24.